The Hall–Kier alpha value is -2.96. The molecule has 0 saturated carbocycles. The number of halogens is 1. The van der Waals surface area contributed by atoms with Crippen molar-refractivity contribution in [2.24, 2.45) is 0 Å². The third-order valence-electron chi connectivity index (χ3n) is 2.36. The highest BCUT2D eigenvalue weighted by Crippen LogP contribution is 2.13. The van der Waals surface area contributed by atoms with Crippen molar-refractivity contribution in [3.63, 3.8) is 0 Å². The molecule has 102 valence electrons. The van der Waals surface area contributed by atoms with Crippen LogP contribution in [0.4, 0.5) is 20.6 Å². The number of amides is 2. The topological polar surface area (TPSA) is 91.3 Å². The van der Waals surface area contributed by atoms with Gasteiger partial charge < -0.3 is 15.7 Å². The van der Waals surface area contributed by atoms with Gasteiger partial charge in [0.25, 0.3) is 0 Å². The fourth-order valence-corrected chi connectivity index (χ4v) is 1.47. The number of aromatic nitrogens is 1. The molecule has 1 aromatic heterocycles. The van der Waals surface area contributed by atoms with Crippen molar-refractivity contribution in [1.82, 2.24) is 4.98 Å². The van der Waals surface area contributed by atoms with Crippen LogP contribution in [0.3, 0.4) is 0 Å². The van der Waals surface area contributed by atoms with Gasteiger partial charge in [0.15, 0.2) is 0 Å². The number of pyridine rings is 1. The standard InChI is InChI=1S/C13H10FN3O3/c14-9-3-1-2-4-10(9)17-13(20)16-8-5-6-15-11(7-8)12(18)19/h1-7H,(H,18,19)(H2,15,16,17,20). The highest BCUT2D eigenvalue weighted by molar-refractivity contribution is 6.00. The van der Waals surface area contributed by atoms with Crippen LogP contribution in [-0.4, -0.2) is 22.1 Å². The molecule has 0 fully saturated rings. The van der Waals surface area contributed by atoms with Gasteiger partial charge in [-0.15, -0.1) is 0 Å². The molecule has 0 bridgehead atoms. The number of carbonyl (C=O) groups is 2. The summed E-state index contributed by atoms with van der Waals surface area (Å²) in [5, 5.41) is 13.5. The Balaban J connectivity index is 2.07. The fraction of sp³-hybridized carbons (Fsp3) is 0. The van der Waals surface area contributed by atoms with Crippen LogP contribution in [0, 0.1) is 5.82 Å². The van der Waals surface area contributed by atoms with Crippen LogP contribution in [0.2, 0.25) is 0 Å². The smallest absolute Gasteiger partial charge is 0.354 e. The number of aromatic carboxylic acids is 1. The van der Waals surface area contributed by atoms with Crippen LogP contribution in [0.1, 0.15) is 10.5 Å². The molecule has 3 N–H and O–H groups in total. The third-order valence-corrected chi connectivity index (χ3v) is 2.36. The van der Waals surface area contributed by atoms with E-state index in [2.05, 4.69) is 15.6 Å². The summed E-state index contributed by atoms with van der Waals surface area (Å²) in [4.78, 5) is 26.0. The molecular formula is C13H10FN3O3. The lowest BCUT2D eigenvalue weighted by atomic mass is 10.3. The molecule has 0 aliphatic rings. The molecule has 0 radical (unpaired) electrons. The quantitative estimate of drug-likeness (QED) is 0.802. The first-order chi connectivity index (χ1) is 9.56. The zero-order valence-corrected chi connectivity index (χ0v) is 10.1. The Bertz CT molecular complexity index is 661. The minimum absolute atomic E-state index is 0.0255. The van der Waals surface area contributed by atoms with Gasteiger partial charge in [0.2, 0.25) is 0 Å². The zero-order chi connectivity index (χ0) is 14.5. The van der Waals surface area contributed by atoms with Crippen molar-refractivity contribution in [1.29, 1.82) is 0 Å². The Morgan fingerprint density at radius 2 is 1.90 bits per heavy atom. The van der Waals surface area contributed by atoms with Crippen molar-refractivity contribution in [2.75, 3.05) is 10.6 Å². The maximum atomic E-state index is 13.3. The Morgan fingerprint density at radius 1 is 1.15 bits per heavy atom. The molecule has 0 aliphatic heterocycles. The Morgan fingerprint density at radius 3 is 2.60 bits per heavy atom. The predicted molar refractivity (Wildman–Crippen MR) is 70.2 cm³/mol. The van der Waals surface area contributed by atoms with Gasteiger partial charge in [-0.25, -0.2) is 19.0 Å². The second-order valence-corrected chi connectivity index (χ2v) is 3.79. The molecule has 0 atom stereocenters. The second kappa shape index (κ2) is 5.79. The van der Waals surface area contributed by atoms with E-state index in [-0.39, 0.29) is 17.1 Å². The number of carboxylic acid groups (broad SMARTS) is 1. The number of urea groups is 1. The van der Waals surface area contributed by atoms with Crippen molar-refractivity contribution < 1.29 is 19.1 Å². The van der Waals surface area contributed by atoms with Gasteiger partial charge in [-0.3, -0.25) is 0 Å². The lowest BCUT2D eigenvalue weighted by Gasteiger charge is -2.08. The molecule has 0 spiro atoms. The molecular weight excluding hydrogens is 265 g/mol. The minimum atomic E-state index is -1.21. The van der Waals surface area contributed by atoms with E-state index in [1.165, 1.54) is 36.5 Å². The van der Waals surface area contributed by atoms with Crippen molar-refractivity contribution >= 4 is 23.4 Å². The molecule has 2 aromatic rings. The van der Waals surface area contributed by atoms with Gasteiger partial charge in [0.05, 0.1) is 5.69 Å². The minimum Gasteiger partial charge on any atom is -0.477 e. The van der Waals surface area contributed by atoms with Crippen molar-refractivity contribution in [2.45, 2.75) is 0 Å². The predicted octanol–water partition coefficient (Wildman–Crippen LogP) is 2.56. The largest absolute Gasteiger partial charge is 0.477 e. The Labute approximate surface area is 113 Å². The molecule has 20 heavy (non-hydrogen) atoms. The van der Waals surface area contributed by atoms with E-state index >= 15 is 0 Å². The number of nitrogens with one attached hydrogen (secondary N) is 2. The molecule has 2 amide bonds. The van der Waals surface area contributed by atoms with E-state index in [1.54, 1.807) is 6.07 Å². The molecule has 2 rings (SSSR count). The van der Waals surface area contributed by atoms with E-state index in [9.17, 15) is 14.0 Å². The summed E-state index contributed by atoms with van der Waals surface area (Å²) in [6.45, 7) is 0. The monoisotopic (exact) mass is 275 g/mol. The first-order valence-electron chi connectivity index (χ1n) is 5.58. The normalized spacial score (nSPS) is 9.85. The number of hydrogen-bond acceptors (Lipinski definition) is 3. The lowest BCUT2D eigenvalue weighted by Crippen LogP contribution is -2.20. The van der Waals surface area contributed by atoms with Gasteiger partial charge in [-0.05, 0) is 24.3 Å². The number of carboxylic acids is 1. The molecule has 1 aromatic carbocycles. The van der Waals surface area contributed by atoms with Gasteiger partial charge in [0, 0.05) is 11.9 Å². The van der Waals surface area contributed by atoms with Gasteiger partial charge >= 0.3 is 12.0 Å². The van der Waals surface area contributed by atoms with Gasteiger partial charge in [-0.1, -0.05) is 12.1 Å². The third kappa shape index (κ3) is 3.29. The average molecular weight is 275 g/mol. The summed E-state index contributed by atoms with van der Waals surface area (Å²) in [5.41, 5.74) is 0.0671. The molecule has 0 aliphatic carbocycles. The maximum Gasteiger partial charge on any atom is 0.354 e. The average Bonchev–Trinajstić information content (AvgIpc) is 2.41. The summed E-state index contributed by atoms with van der Waals surface area (Å²) < 4.78 is 13.3. The van der Waals surface area contributed by atoms with Crippen molar-refractivity contribution in [3.8, 4) is 0 Å². The number of carbonyl (C=O) groups excluding carboxylic acids is 1. The SMILES string of the molecule is O=C(Nc1ccnc(C(=O)O)c1)Nc1ccccc1F. The molecule has 0 unspecified atom stereocenters. The number of hydrogen-bond donors (Lipinski definition) is 3. The number of para-hydroxylation sites is 1. The van der Waals surface area contributed by atoms with Crippen molar-refractivity contribution in [3.05, 3.63) is 54.1 Å². The summed E-state index contributed by atoms with van der Waals surface area (Å²) in [7, 11) is 0. The summed E-state index contributed by atoms with van der Waals surface area (Å²) in [6.07, 6.45) is 1.25. The van der Waals surface area contributed by atoms with Crippen LogP contribution < -0.4 is 10.6 Å². The van der Waals surface area contributed by atoms with Crippen LogP contribution in [-0.2, 0) is 0 Å². The zero-order valence-electron chi connectivity index (χ0n) is 10.1. The van der Waals surface area contributed by atoms with E-state index in [4.69, 9.17) is 5.11 Å². The summed E-state index contributed by atoms with van der Waals surface area (Å²) in [5.74, 6) is -1.77. The summed E-state index contributed by atoms with van der Waals surface area (Å²) >= 11 is 0. The first-order valence-corrected chi connectivity index (χ1v) is 5.58. The number of nitrogens with zero attached hydrogens (tertiary/aromatic N) is 1. The number of benzene rings is 1. The molecule has 7 heteroatoms. The molecule has 0 saturated heterocycles. The lowest BCUT2D eigenvalue weighted by molar-refractivity contribution is 0.0690. The highest BCUT2D eigenvalue weighted by Gasteiger charge is 2.09. The van der Waals surface area contributed by atoms with Gasteiger partial charge in [-0.2, -0.15) is 0 Å². The van der Waals surface area contributed by atoms with E-state index in [0.717, 1.165) is 0 Å². The van der Waals surface area contributed by atoms with Gasteiger partial charge in [0.1, 0.15) is 11.5 Å². The highest BCUT2D eigenvalue weighted by atomic mass is 19.1. The van der Waals surface area contributed by atoms with E-state index in [0.29, 0.717) is 0 Å². The van der Waals surface area contributed by atoms with Crippen LogP contribution in [0.5, 0.6) is 0 Å². The first kappa shape index (κ1) is 13.5. The Kier molecular flexibility index (Phi) is 3.90. The van der Waals surface area contributed by atoms with E-state index in [1.807, 2.05) is 0 Å². The maximum absolute atomic E-state index is 13.3. The van der Waals surface area contributed by atoms with Crippen LogP contribution >= 0.6 is 0 Å². The van der Waals surface area contributed by atoms with Crippen LogP contribution in [0.15, 0.2) is 42.6 Å². The number of rotatable bonds is 3. The van der Waals surface area contributed by atoms with Crippen LogP contribution in [0.25, 0.3) is 0 Å². The molecule has 1 heterocycles. The summed E-state index contributed by atoms with van der Waals surface area (Å²) in [6, 6.07) is 7.64. The van der Waals surface area contributed by atoms with E-state index < -0.39 is 17.8 Å². The fourth-order valence-electron chi connectivity index (χ4n) is 1.47. The molecule has 6 nitrogen and oxygen atoms in total. The second-order valence-electron chi connectivity index (χ2n) is 3.79. The number of anilines is 2.